The second-order valence-corrected chi connectivity index (χ2v) is 5.86. The van der Waals surface area contributed by atoms with Crippen molar-refractivity contribution in [2.75, 3.05) is 20.2 Å². The van der Waals surface area contributed by atoms with Crippen molar-refractivity contribution in [1.82, 2.24) is 4.90 Å². The Hall–Kier alpha value is -0.770. The maximum atomic E-state index is 6.05. The topological polar surface area (TPSA) is 50.9 Å². The molecule has 2 atom stereocenters. The van der Waals surface area contributed by atoms with Crippen LogP contribution in [0.5, 0.6) is 0 Å². The van der Waals surface area contributed by atoms with Gasteiger partial charge in [-0.1, -0.05) is 13.8 Å². The lowest BCUT2D eigenvalue weighted by Gasteiger charge is -2.45. The van der Waals surface area contributed by atoms with Gasteiger partial charge in [0.1, 0.15) is 0 Å². The zero-order chi connectivity index (χ0) is 12.5. The molecule has 17 heavy (non-hydrogen) atoms. The molecule has 1 saturated carbocycles. The van der Waals surface area contributed by atoms with Gasteiger partial charge in [-0.3, -0.25) is 4.99 Å². The highest BCUT2D eigenvalue weighted by Crippen LogP contribution is 2.38. The van der Waals surface area contributed by atoms with Gasteiger partial charge in [0, 0.05) is 13.7 Å². The van der Waals surface area contributed by atoms with Gasteiger partial charge in [0.25, 0.3) is 0 Å². The number of nitrogens with zero attached hydrogens (tertiary/aromatic N) is 2. The summed E-state index contributed by atoms with van der Waals surface area (Å²) in [7, 11) is 1.82. The smallest absolute Gasteiger partial charge is 0.191 e. The van der Waals surface area contributed by atoms with Crippen LogP contribution in [-0.2, 0) is 4.74 Å². The number of aliphatic imine (C=N–C) groups is 1. The Morgan fingerprint density at radius 3 is 3.00 bits per heavy atom. The molecule has 0 bridgehead atoms. The van der Waals surface area contributed by atoms with E-state index in [9.17, 15) is 0 Å². The van der Waals surface area contributed by atoms with E-state index in [1.807, 2.05) is 7.11 Å². The van der Waals surface area contributed by atoms with Crippen molar-refractivity contribution in [3.63, 3.8) is 0 Å². The second kappa shape index (κ2) is 4.84. The third kappa shape index (κ3) is 2.41. The van der Waals surface area contributed by atoms with Crippen LogP contribution in [0.1, 0.15) is 39.5 Å². The summed E-state index contributed by atoms with van der Waals surface area (Å²) in [6, 6.07) is 0. The van der Waals surface area contributed by atoms with Crippen molar-refractivity contribution in [1.29, 1.82) is 0 Å². The molecule has 1 aliphatic carbocycles. The van der Waals surface area contributed by atoms with E-state index in [-0.39, 0.29) is 5.54 Å². The molecule has 4 heteroatoms. The van der Waals surface area contributed by atoms with E-state index < -0.39 is 0 Å². The van der Waals surface area contributed by atoms with Crippen LogP contribution in [0, 0.1) is 5.92 Å². The highest BCUT2D eigenvalue weighted by atomic mass is 16.5. The van der Waals surface area contributed by atoms with E-state index >= 15 is 0 Å². The molecule has 2 rings (SSSR count). The maximum absolute atomic E-state index is 6.05. The molecule has 1 heterocycles. The van der Waals surface area contributed by atoms with Gasteiger partial charge in [0.05, 0.1) is 18.2 Å². The van der Waals surface area contributed by atoms with Gasteiger partial charge in [-0.15, -0.1) is 0 Å². The van der Waals surface area contributed by atoms with Crippen LogP contribution in [0.4, 0.5) is 0 Å². The molecule has 98 valence electrons. The Morgan fingerprint density at radius 1 is 1.59 bits per heavy atom. The average Bonchev–Trinajstić information content (AvgIpc) is 2.58. The monoisotopic (exact) mass is 239 g/mol. The van der Waals surface area contributed by atoms with Crippen LogP contribution >= 0.6 is 0 Å². The zero-order valence-electron chi connectivity index (χ0n) is 11.3. The third-order valence-corrected chi connectivity index (χ3v) is 4.04. The SMILES string of the molecule is COC1CCCC2(CN=C(N)N2CC(C)C)C1. The highest BCUT2D eigenvalue weighted by molar-refractivity contribution is 5.81. The van der Waals surface area contributed by atoms with Crippen molar-refractivity contribution < 1.29 is 4.74 Å². The van der Waals surface area contributed by atoms with Crippen LogP contribution < -0.4 is 5.73 Å². The van der Waals surface area contributed by atoms with Crippen molar-refractivity contribution >= 4 is 5.96 Å². The van der Waals surface area contributed by atoms with Crippen molar-refractivity contribution in [3.05, 3.63) is 0 Å². The fourth-order valence-corrected chi connectivity index (χ4v) is 3.17. The lowest BCUT2D eigenvalue weighted by atomic mass is 9.79. The number of ether oxygens (including phenoxy) is 1. The van der Waals surface area contributed by atoms with Crippen LogP contribution in [-0.4, -0.2) is 42.7 Å². The van der Waals surface area contributed by atoms with E-state index in [1.54, 1.807) is 0 Å². The lowest BCUT2D eigenvalue weighted by Crippen LogP contribution is -2.56. The summed E-state index contributed by atoms with van der Waals surface area (Å²) in [6.07, 6.45) is 5.04. The van der Waals surface area contributed by atoms with Gasteiger partial charge in [-0.05, 0) is 31.6 Å². The molecule has 2 N–H and O–H groups in total. The molecular formula is C13H25N3O. The molecule has 0 aromatic heterocycles. The molecule has 0 radical (unpaired) electrons. The number of nitrogens with two attached hydrogens (primary N) is 1. The minimum absolute atomic E-state index is 0.146. The molecule has 1 fully saturated rings. The molecule has 0 saturated heterocycles. The largest absolute Gasteiger partial charge is 0.381 e. The summed E-state index contributed by atoms with van der Waals surface area (Å²) < 4.78 is 5.55. The normalized spacial score (nSPS) is 33.5. The summed E-state index contributed by atoms with van der Waals surface area (Å²) >= 11 is 0. The molecule has 1 spiro atoms. The molecule has 1 aliphatic heterocycles. The van der Waals surface area contributed by atoms with Gasteiger partial charge in [-0.25, -0.2) is 0 Å². The molecule has 2 unspecified atom stereocenters. The van der Waals surface area contributed by atoms with Crippen molar-refractivity contribution in [2.24, 2.45) is 16.6 Å². The summed E-state index contributed by atoms with van der Waals surface area (Å²) in [5, 5.41) is 0. The first-order valence-electron chi connectivity index (χ1n) is 6.68. The van der Waals surface area contributed by atoms with Crippen molar-refractivity contribution in [2.45, 2.75) is 51.2 Å². The Morgan fingerprint density at radius 2 is 2.35 bits per heavy atom. The quantitative estimate of drug-likeness (QED) is 0.814. The number of guanidine groups is 1. The highest BCUT2D eigenvalue weighted by Gasteiger charge is 2.45. The number of methoxy groups -OCH3 is 1. The second-order valence-electron chi connectivity index (χ2n) is 5.86. The summed E-state index contributed by atoms with van der Waals surface area (Å²) in [6.45, 7) is 6.32. The maximum Gasteiger partial charge on any atom is 0.191 e. The Kier molecular flexibility index (Phi) is 3.61. The summed E-state index contributed by atoms with van der Waals surface area (Å²) in [5.41, 5.74) is 6.20. The first-order chi connectivity index (χ1) is 8.07. The first-order valence-corrected chi connectivity index (χ1v) is 6.68. The minimum Gasteiger partial charge on any atom is -0.381 e. The molecule has 0 amide bonds. The predicted molar refractivity (Wildman–Crippen MR) is 70.0 cm³/mol. The zero-order valence-corrected chi connectivity index (χ0v) is 11.3. The fraction of sp³-hybridized carbons (Fsp3) is 0.923. The molecular weight excluding hydrogens is 214 g/mol. The van der Waals surface area contributed by atoms with Crippen LogP contribution in [0.3, 0.4) is 0 Å². The van der Waals surface area contributed by atoms with E-state index in [0.717, 1.165) is 25.5 Å². The number of hydrogen-bond donors (Lipinski definition) is 1. The van der Waals surface area contributed by atoms with E-state index in [1.165, 1.54) is 19.3 Å². The van der Waals surface area contributed by atoms with Gasteiger partial charge < -0.3 is 15.4 Å². The molecule has 0 aromatic carbocycles. The summed E-state index contributed by atoms with van der Waals surface area (Å²) in [5.74, 6) is 1.34. The van der Waals surface area contributed by atoms with E-state index in [4.69, 9.17) is 10.5 Å². The van der Waals surface area contributed by atoms with Gasteiger partial charge in [-0.2, -0.15) is 0 Å². The standard InChI is InChI=1S/C13H25N3O/c1-10(2)8-16-12(14)15-9-13(16)6-4-5-11(7-13)17-3/h10-11H,4-9H2,1-3H3,(H2,14,15). The fourth-order valence-electron chi connectivity index (χ4n) is 3.17. The first kappa shape index (κ1) is 12.7. The average molecular weight is 239 g/mol. The predicted octanol–water partition coefficient (Wildman–Crippen LogP) is 1.60. The molecule has 4 nitrogen and oxygen atoms in total. The Bertz CT molecular complexity index is 303. The van der Waals surface area contributed by atoms with Gasteiger partial charge >= 0.3 is 0 Å². The third-order valence-electron chi connectivity index (χ3n) is 4.04. The molecule has 2 aliphatic rings. The van der Waals surface area contributed by atoms with Crippen LogP contribution in [0.2, 0.25) is 0 Å². The molecule has 0 aromatic rings. The van der Waals surface area contributed by atoms with Crippen LogP contribution in [0.25, 0.3) is 0 Å². The Labute approximate surface area is 104 Å². The van der Waals surface area contributed by atoms with E-state index in [2.05, 4.69) is 23.7 Å². The number of rotatable bonds is 3. The van der Waals surface area contributed by atoms with E-state index in [0.29, 0.717) is 12.0 Å². The van der Waals surface area contributed by atoms with Gasteiger partial charge in [0.2, 0.25) is 0 Å². The van der Waals surface area contributed by atoms with Gasteiger partial charge in [0.15, 0.2) is 5.96 Å². The number of hydrogen-bond acceptors (Lipinski definition) is 4. The Balaban J connectivity index is 2.12. The van der Waals surface area contributed by atoms with Crippen LogP contribution in [0.15, 0.2) is 4.99 Å². The summed E-state index contributed by atoms with van der Waals surface area (Å²) in [4.78, 5) is 6.82. The van der Waals surface area contributed by atoms with Crippen molar-refractivity contribution in [3.8, 4) is 0 Å². The minimum atomic E-state index is 0.146. The lowest BCUT2D eigenvalue weighted by molar-refractivity contribution is 0.00674.